The third-order valence-electron chi connectivity index (χ3n) is 1.88. The summed E-state index contributed by atoms with van der Waals surface area (Å²) in [7, 11) is 0. The number of nitrogens with zero attached hydrogens (tertiary/aromatic N) is 1. The molecule has 1 aromatic rings. The Hall–Kier alpha value is -1.05. The molecule has 0 amide bonds. The molecule has 3 heteroatoms. The van der Waals surface area contributed by atoms with E-state index in [4.69, 9.17) is 0 Å². The van der Waals surface area contributed by atoms with Crippen molar-refractivity contribution in [1.82, 2.24) is 0 Å². The number of isocyanates is 1. The van der Waals surface area contributed by atoms with Crippen molar-refractivity contribution in [3.63, 3.8) is 0 Å². The van der Waals surface area contributed by atoms with Crippen molar-refractivity contribution in [2.45, 2.75) is 33.1 Å². The molecule has 0 saturated carbocycles. The first-order valence-corrected chi connectivity index (χ1v) is 5.36. The second kappa shape index (κ2) is 13.9. The Balaban J connectivity index is 0. The minimum atomic E-state index is 0. The van der Waals surface area contributed by atoms with E-state index in [0.717, 1.165) is 12.8 Å². The minimum absolute atomic E-state index is 0. The molecule has 0 aliphatic rings. The zero-order chi connectivity index (χ0) is 11.4. The van der Waals surface area contributed by atoms with E-state index in [9.17, 15) is 4.79 Å². The number of aryl methyl sites for hydroxylation is 1. The molecule has 0 fully saturated rings. The van der Waals surface area contributed by atoms with Gasteiger partial charge in [-0.2, -0.15) is 13.5 Å². The highest BCUT2D eigenvalue weighted by atomic mass is 32.1. The Bertz CT molecular complexity index is 281. The largest absolute Gasteiger partial charge is 0.234 e. The molecule has 0 bridgehead atoms. The summed E-state index contributed by atoms with van der Waals surface area (Å²) >= 11 is 0. The van der Waals surface area contributed by atoms with E-state index in [2.05, 4.69) is 31.0 Å². The minimum Gasteiger partial charge on any atom is -0.211 e. The molecule has 0 N–H and O–H groups in total. The van der Waals surface area contributed by atoms with Gasteiger partial charge in [-0.25, -0.2) is 9.79 Å². The zero-order valence-corrected chi connectivity index (χ0v) is 11.1. The monoisotopic (exact) mass is 239 g/mol. The second-order valence-corrected chi connectivity index (χ2v) is 3.33. The fraction of sp³-hybridized carbons (Fsp3) is 0.462. The maximum Gasteiger partial charge on any atom is 0.234 e. The molecule has 0 aromatic heterocycles. The summed E-state index contributed by atoms with van der Waals surface area (Å²) in [6.45, 7) is 4.85. The van der Waals surface area contributed by atoms with Gasteiger partial charge in [0.2, 0.25) is 6.08 Å². The predicted molar refractivity (Wildman–Crippen MR) is 74.1 cm³/mol. The van der Waals surface area contributed by atoms with Gasteiger partial charge in [-0.15, -0.1) is 0 Å². The maximum atomic E-state index is 9.48. The molecule has 0 saturated heterocycles. The summed E-state index contributed by atoms with van der Waals surface area (Å²) in [6, 6.07) is 10.3. The third-order valence-corrected chi connectivity index (χ3v) is 1.88. The molecule has 0 aliphatic carbocycles. The van der Waals surface area contributed by atoms with Crippen LogP contribution in [0.1, 0.15) is 31.7 Å². The topological polar surface area (TPSA) is 29.4 Å². The second-order valence-electron chi connectivity index (χ2n) is 3.33. The number of hydrogen-bond donors (Lipinski definition) is 0. The summed E-state index contributed by atoms with van der Waals surface area (Å²) < 4.78 is 0. The average molecular weight is 239 g/mol. The number of aliphatic imine (C=N–C) groups is 1. The standard InChI is InChI=1S/C7H8.C6H11NO.H2S/c1-7-5-3-2-4-6-7;1-2-3-4-5-7-6-8;/h2-6H,1H3;2-5H2,1H3;1H2. The van der Waals surface area contributed by atoms with Crippen molar-refractivity contribution in [2.24, 2.45) is 4.99 Å². The maximum absolute atomic E-state index is 9.48. The van der Waals surface area contributed by atoms with Crippen LogP contribution in [-0.4, -0.2) is 12.6 Å². The van der Waals surface area contributed by atoms with Crippen LogP contribution in [0, 0.1) is 6.92 Å². The molecule has 0 unspecified atom stereocenters. The van der Waals surface area contributed by atoms with Crippen LogP contribution in [0.2, 0.25) is 0 Å². The van der Waals surface area contributed by atoms with Crippen LogP contribution in [0.25, 0.3) is 0 Å². The van der Waals surface area contributed by atoms with E-state index in [1.54, 1.807) is 0 Å². The molecular weight excluding hydrogens is 218 g/mol. The van der Waals surface area contributed by atoms with Crippen LogP contribution < -0.4 is 0 Å². The van der Waals surface area contributed by atoms with E-state index in [1.807, 2.05) is 18.2 Å². The fourth-order valence-electron chi connectivity index (χ4n) is 1.02. The number of unbranched alkanes of at least 4 members (excludes halogenated alkanes) is 2. The molecule has 0 atom stereocenters. The van der Waals surface area contributed by atoms with Crippen LogP contribution in [0.4, 0.5) is 0 Å². The number of rotatable bonds is 4. The lowest BCUT2D eigenvalue weighted by Crippen LogP contribution is -1.77. The molecule has 0 spiro atoms. The lowest BCUT2D eigenvalue weighted by molar-refractivity contribution is 0.561. The SMILES string of the molecule is CCCCCN=C=O.Cc1ccccc1.S. The van der Waals surface area contributed by atoms with Gasteiger partial charge in [-0.05, 0) is 13.3 Å². The summed E-state index contributed by atoms with van der Waals surface area (Å²) in [6.07, 6.45) is 4.85. The van der Waals surface area contributed by atoms with E-state index in [1.165, 1.54) is 18.1 Å². The highest BCUT2D eigenvalue weighted by Gasteiger charge is 1.79. The van der Waals surface area contributed by atoms with Crippen molar-refractivity contribution in [3.05, 3.63) is 35.9 Å². The molecule has 2 nitrogen and oxygen atoms in total. The molecule has 0 aliphatic heterocycles. The third kappa shape index (κ3) is 12.9. The van der Waals surface area contributed by atoms with Crippen molar-refractivity contribution in [2.75, 3.05) is 6.54 Å². The van der Waals surface area contributed by atoms with Gasteiger partial charge in [0.15, 0.2) is 0 Å². The van der Waals surface area contributed by atoms with Crippen molar-refractivity contribution >= 4 is 19.6 Å². The summed E-state index contributed by atoms with van der Waals surface area (Å²) in [4.78, 5) is 12.9. The Labute approximate surface area is 105 Å². The first-order chi connectivity index (χ1) is 7.31. The fourth-order valence-corrected chi connectivity index (χ4v) is 1.02. The summed E-state index contributed by atoms with van der Waals surface area (Å²) in [5.41, 5.74) is 1.32. The van der Waals surface area contributed by atoms with Gasteiger partial charge >= 0.3 is 0 Å². The quantitative estimate of drug-likeness (QED) is 0.448. The molecule has 0 heterocycles. The normalized spacial score (nSPS) is 7.88. The van der Waals surface area contributed by atoms with Crippen molar-refractivity contribution in [3.8, 4) is 0 Å². The van der Waals surface area contributed by atoms with Crippen molar-refractivity contribution in [1.29, 1.82) is 0 Å². The Kier molecular flexibility index (Phi) is 15.1. The Morgan fingerprint density at radius 3 is 2.19 bits per heavy atom. The average Bonchev–Trinajstić information content (AvgIpc) is 2.27. The number of carbonyl (C=O) groups excluding carboxylic acids is 1. The Morgan fingerprint density at radius 1 is 1.19 bits per heavy atom. The van der Waals surface area contributed by atoms with Crippen LogP contribution in [0.15, 0.2) is 35.3 Å². The van der Waals surface area contributed by atoms with Crippen molar-refractivity contribution < 1.29 is 4.79 Å². The highest BCUT2D eigenvalue weighted by molar-refractivity contribution is 7.59. The van der Waals surface area contributed by atoms with E-state index < -0.39 is 0 Å². The first kappa shape index (κ1) is 17.3. The first-order valence-electron chi connectivity index (χ1n) is 5.36. The molecule has 1 aromatic carbocycles. The van der Waals surface area contributed by atoms with Gasteiger partial charge in [0.1, 0.15) is 0 Å². The summed E-state index contributed by atoms with van der Waals surface area (Å²) in [5.74, 6) is 0. The molecule has 16 heavy (non-hydrogen) atoms. The van der Waals surface area contributed by atoms with Gasteiger partial charge < -0.3 is 0 Å². The lowest BCUT2D eigenvalue weighted by atomic mass is 10.2. The van der Waals surface area contributed by atoms with E-state index >= 15 is 0 Å². The number of hydrogen-bond acceptors (Lipinski definition) is 2. The zero-order valence-electron chi connectivity index (χ0n) is 10.1. The van der Waals surface area contributed by atoms with Crippen LogP contribution >= 0.6 is 13.5 Å². The van der Waals surface area contributed by atoms with Gasteiger partial charge in [0.05, 0.1) is 6.54 Å². The van der Waals surface area contributed by atoms with Gasteiger partial charge in [0, 0.05) is 0 Å². The van der Waals surface area contributed by atoms with Gasteiger partial charge in [-0.3, -0.25) is 0 Å². The lowest BCUT2D eigenvalue weighted by Gasteiger charge is -1.86. The smallest absolute Gasteiger partial charge is 0.211 e. The van der Waals surface area contributed by atoms with Crippen LogP contribution in [0.3, 0.4) is 0 Å². The van der Waals surface area contributed by atoms with Crippen LogP contribution in [0.5, 0.6) is 0 Å². The van der Waals surface area contributed by atoms with Crippen LogP contribution in [-0.2, 0) is 4.79 Å². The number of benzene rings is 1. The van der Waals surface area contributed by atoms with E-state index in [0.29, 0.717) is 6.54 Å². The van der Waals surface area contributed by atoms with Gasteiger partial charge in [-0.1, -0.05) is 55.7 Å². The highest BCUT2D eigenvalue weighted by Crippen LogP contribution is 1.92. The Morgan fingerprint density at radius 2 is 1.81 bits per heavy atom. The van der Waals surface area contributed by atoms with Gasteiger partial charge in [0.25, 0.3) is 0 Å². The predicted octanol–water partition coefficient (Wildman–Crippen LogP) is 3.62. The summed E-state index contributed by atoms with van der Waals surface area (Å²) in [5, 5.41) is 0. The molecule has 90 valence electrons. The molecule has 0 radical (unpaired) electrons. The molecular formula is C13H21NOS. The van der Waals surface area contributed by atoms with E-state index in [-0.39, 0.29) is 13.5 Å². The molecule has 1 rings (SSSR count).